The SMILES string of the molecule is CCCCNS(=O)(=O)c1ccc2c(c1)ncn2C. The largest absolute Gasteiger partial charge is 0.334 e. The van der Waals surface area contributed by atoms with Crippen molar-refractivity contribution in [2.24, 2.45) is 7.05 Å². The fourth-order valence-corrected chi connectivity index (χ4v) is 2.84. The summed E-state index contributed by atoms with van der Waals surface area (Å²) in [6, 6.07) is 4.98. The Morgan fingerprint density at radius 1 is 1.39 bits per heavy atom. The highest BCUT2D eigenvalue weighted by Gasteiger charge is 2.14. The van der Waals surface area contributed by atoms with Crippen LogP contribution in [0, 0.1) is 0 Å². The first-order chi connectivity index (χ1) is 8.54. The number of unbranched alkanes of at least 4 members (excludes halogenated alkanes) is 1. The molecule has 1 aromatic carbocycles. The van der Waals surface area contributed by atoms with Crippen LogP contribution >= 0.6 is 0 Å². The van der Waals surface area contributed by atoms with Gasteiger partial charge in [0.05, 0.1) is 22.3 Å². The maximum atomic E-state index is 12.0. The summed E-state index contributed by atoms with van der Waals surface area (Å²) >= 11 is 0. The molecule has 18 heavy (non-hydrogen) atoms. The number of nitrogens with one attached hydrogen (secondary N) is 1. The quantitative estimate of drug-likeness (QED) is 0.838. The van der Waals surface area contributed by atoms with E-state index in [9.17, 15) is 8.42 Å². The summed E-state index contributed by atoms with van der Waals surface area (Å²) in [5, 5.41) is 0. The lowest BCUT2D eigenvalue weighted by Crippen LogP contribution is -2.24. The standard InChI is InChI=1S/C12H17N3O2S/c1-3-4-7-14-18(16,17)10-5-6-12-11(8-10)13-9-15(12)2/h5-6,8-9,14H,3-4,7H2,1-2H3. The van der Waals surface area contributed by atoms with Gasteiger partial charge in [-0.25, -0.2) is 18.1 Å². The molecular weight excluding hydrogens is 250 g/mol. The van der Waals surface area contributed by atoms with Gasteiger partial charge in [-0.2, -0.15) is 0 Å². The van der Waals surface area contributed by atoms with E-state index in [-0.39, 0.29) is 4.90 Å². The molecule has 0 amide bonds. The zero-order valence-electron chi connectivity index (χ0n) is 10.5. The van der Waals surface area contributed by atoms with Gasteiger partial charge < -0.3 is 4.57 Å². The Kier molecular flexibility index (Phi) is 3.68. The number of aryl methyl sites for hydroxylation is 1. The number of sulfonamides is 1. The predicted molar refractivity (Wildman–Crippen MR) is 70.8 cm³/mol. The minimum Gasteiger partial charge on any atom is -0.334 e. The molecule has 0 radical (unpaired) electrons. The number of aromatic nitrogens is 2. The molecule has 2 rings (SSSR count). The minimum absolute atomic E-state index is 0.268. The van der Waals surface area contributed by atoms with Gasteiger partial charge in [0.2, 0.25) is 10.0 Å². The fraction of sp³-hybridized carbons (Fsp3) is 0.417. The highest BCUT2D eigenvalue weighted by Crippen LogP contribution is 2.17. The number of hydrogen-bond donors (Lipinski definition) is 1. The molecule has 0 saturated heterocycles. The van der Waals surface area contributed by atoms with Crippen LogP contribution in [0.15, 0.2) is 29.4 Å². The molecule has 6 heteroatoms. The monoisotopic (exact) mass is 267 g/mol. The molecule has 1 heterocycles. The summed E-state index contributed by atoms with van der Waals surface area (Å²) in [4.78, 5) is 4.43. The smallest absolute Gasteiger partial charge is 0.240 e. The van der Waals surface area contributed by atoms with Crippen LogP contribution in [-0.4, -0.2) is 24.5 Å². The zero-order valence-corrected chi connectivity index (χ0v) is 11.4. The van der Waals surface area contributed by atoms with Gasteiger partial charge in [-0.05, 0) is 24.6 Å². The fourth-order valence-electron chi connectivity index (χ4n) is 1.75. The van der Waals surface area contributed by atoms with Gasteiger partial charge in [0.25, 0.3) is 0 Å². The molecule has 5 nitrogen and oxygen atoms in total. The lowest BCUT2D eigenvalue weighted by Gasteiger charge is -2.06. The number of nitrogens with zero attached hydrogens (tertiary/aromatic N) is 2. The number of hydrogen-bond acceptors (Lipinski definition) is 3. The summed E-state index contributed by atoms with van der Waals surface area (Å²) in [6.07, 6.45) is 3.47. The minimum atomic E-state index is -3.41. The van der Waals surface area contributed by atoms with E-state index in [4.69, 9.17) is 0 Å². The third kappa shape index (κ3) is 2.54. The molecule has 0 fully saturated rings. The van der Waals surface area contributed by atoms with Crippen molar-refractivity contribution in [2.75, 3.05) is 6.54 Å². The maximum absolute atomic E-state index is 12.0. The Labute approximate surface area is 107 Å². The maximum Gasteiger partial charge on any atom is 0.240 e. The van der Waals surface area contributed by atoms with Crippen molar-refractivity contribution in [3.8, 4) is 0 Å². The Hall–Kier alpha value is -1.40. The number of rotatable bonds is 5. The van der Waals surface area contributed by atoms with Crippen molar-refractivity contribution < 1.29 is 8.42 Å². The van der Waals surface area contributed by atoms with Gasteiger partial charge in [0.15, 0.2) is 0 Å². The number of fused-ring (bicyclic) bond motifs is 1. The topological polar surface area (TPSA) is 64.0 Å². The molecule has 0 aliphatic rings. The van der Waals surface area contributed by atoms with Crippen molar-refractivity contribution >= 4 is 21.1 Å². The summed E-state index contributed by atoms with van der Waals surface area (Å²) < 4.78 is 28.5. The Bertz CT molecular complexity index is 646. The first-order valence-corrected chi connectivity index (χ1v) is 7.43. The second kappa shape index (κ2) is 5.07. The van der Waals surface area contributed by atoms with E-state index in [2.05, 4.69) is 9.71 Å². The molecule has 0 spiro atoms. The first-order valence-electron chi connectivity index (χ1n) is 5.95. The lowest BCUT2D eigenvalue weighted by atomic mass is 10.3. The van der Waals surface area contributed by atoms with Crippen LogP contribution in [-0.2, 0) is 17.1 Å². The molecule has 98 valence electrons. The summed E-state index contributed by atoms with van der Waals surface area (Å²) in [5.41, 5.74) is 1.61. The molecule has 1 aromatic heterocycles. The van der Waals surface area contributed by atoms with Gasteiger partial charge in [-0.1, -0.05) is 13.3 Å². The molecule has 0 unspecified atom stereocenters. The zero-order chi connectivity index (χ0) is 13.2. The molecule has 2 aromatic rings. The predicted octanol–water partition coefficient (Wildman–Crippen LogP) is 1.65. The van der Waals surface area contributed by atoms with Gasteiger partial charge >= 0.3 is 0 Å². The van der Waals surface area contributed by atoms with Crippen molar-refractivity contribution in [1.29, 1.82) is 0 Å². The second-order valence-electron chi connectivity index (χ2n) is 4.26. The average molecular weight is 267 g/mol. The average Bonchev–Trinajstić information content (AvgIpc) is 2.71. The van der Waals surface area contributed by atoms with Gasteiger partial charge in [-0.15, -0.1) is 0 Å². The second-order valence-corrected chi connectivity index (χ2v) is 6.02. The van der Waals surface area contributed by atoms with Crippen LogP contribution < -0.4 is 4.72 Å². The first kappa shape index (κ1) is 13.0. The van der Waals surface area contributed by atoms with Gasteiger partial charge in [0.1, 0.15) is 0 Å². The van der Waals surface area contributed by atoms with Crippen LogP contribution in [0.1, 0.15) is 19.8 Å². The third-order valence-electron chi connectivity index (χ3n) is 2.83. The third-order valence-corrected chi connectivity index (χ3v) is 4.29. The van der Waals surface area contributed by atoms with E-state index in [0.29, 0.717) is 12.1 Å². The summed E-state index contributed by atoms with van der Waals surface area (Å²) in [7, 11) is -1.54. The Balaban J connectivity index is 2.30. The molecule has 0 atom stereocenters. The molecule has 0 bridgehead atoms. The van der Waals surface area contributed by atoms with Crippen LogP contribution in [0.2, 0.25) is 0 Å². The van der Waals surface area contributed by atoms with E-state index in [1.807, 2.05) is 18.5 Å². The van der Waals surface area contributed by atoms with E-state index >= 15 is 0 Å². The van der Waals surface area contributed by atoms with Crippen molar-refractivity contribution in [2.45, 2.75) is 24.7 Å². The van der Waals surface area contributed by atoms with E-state index < -0.39 is 10.0 Å². The van der Waals surface area contributed by atoms with Crippen LogP contribution in [0.5, 0.6) is 0 Å². The van der Waals surface area contributed by atoms with Crippen molar-refractivity contribution in [1.82, 2.24) is 14.3 Å². The summed E-state index contributed by atoms with van der Waals surface area (Å²) in [6.45, 7) is 2.49. The Morgan fingerprint density at radius 3 is 2.89 bits per heavy atom. The normalized spacial score (nSPS) is 12.1. The number of imidazole rings is 1. The highest BCUT2D eigenvalue weighted by atomic mass is 32.2. The summed E-state index contributed by atoms with van der Waals surface area (Å²) in [5.74, 6) is 0. The Morgan fingerprint density at radius 2 is 2.17 bits per heavy atom. The van der Waals surface area contributed by atoms with Crippen LogP contribution in [0.3, 0.4) is 0 Å². The highest BCUT2D eigenvalue weighted by molar-refractivity contribution is 7.89. The van der Waals surface area contributed by atoms with Gasteiger partial charge in [0, 0.05) is 13.6 Å². The lowest BCUT2D eigenvalue weighted by molar-refractivity contribution is 0.578. The van der Waals surface area contributed by atoms with Gasteiger partial charge in [-0.3, -0.25) is 0 Å². The number of benzene rings is 1. The van der Waals surface area contributed by atoms with Crippen LogP contribution in [0.25, 0.3) is 11.0 Å². The molecule has 0 aliphatic carbocycles. The van der Waals surface area contributed by atoms with Crippen molar-refractivity contribution in [3.63, 3.8) is 0 Å². The molecular formula is C12H17N3O2S. The molecule has 1 N–H and O–H groups in total. The molecule has 0 saturated carbocycles. The molecule has 0 aliphatic heterocycles. The van der Waals surface area contributed by atoms with E-state index in [1.54, 1.807) is 24.5 Å². The van der Waals surface area contributed by atoms with E-state index in [1.165, 1.54) is 0 Å². The van der Waals surface area contributed by atoms with Crippen molar-refractivity contribution in [3.05, 3.63) is 24.5 Å². The van der Waals surface area contributed by atoms with E-state index in [0.717, 1.165) is 18.4 Å². The van der Waals surface area contributed by atoms with Crippen LogP contribution in [0.4, 0.5) is 0 Å².